The largest absolute Gasteiger partial charge is 0.494 e. The molecule has 8 heteroatoms. The van der Waals surface area contributed by atoms with E-state index in [1.807, 2.05) is 84.9 Å². The number of ether oxygens (including phenoxy) is 2. The molecule has 1 aliphatic heterocycles. The Balaban J connectivity index is 1.48. The van der Waals surface area contributed by atoms with Gasteiger partial charge in [-0.3, -0.25) is 10.2 Å². The first-order chi connectivity index (χ1) is 19.6. The smallest absolute Gasteiger partial charge is 0.266 e. The summed E-state index contributed by atoms with van der Waals surface area (Å²) >= 11 is 0. The standard InChI is InChI=1S/C32H37N3O5/c36-20-7-21-39-28-18-12-25(13-19-28)30-33-32(22-23-8-3-1-4-9-23,29(40-30)24-10-5-2-6-11-24)31(38)35-34-26-14-16-27(37)17-15-26/h1-6,8-13,18-19,26-27,29,34,36-37H,7,14-17,20-22H2,(H,35,38)/t26?,27?,29-,32-/m0/s1. The maximum absolute atomic E-state index is 14.2. The molecular formula is C32H37N3O5. The van der Waals surface area contributed by atoms with Gasteiger partial charge in [0.1, 0.15) is 5.75 Å². The van der Waals surface area contributed by atoms with Crippen LogP contribution in [0.4, 0.5) is 0 Å². The summed E-state index contributed by atoms with van der Waals surface area (Å²) in [6.07, 6.45) is 2.96. The van der Waals surface area contributed by atoms with Crippen molar-refractivity contribution in [1.82, 2.24) is 10.9 Å². The van der Waals surface area contributed by atoms with E-state index in [-0.39, 0.29) is 24.7 Å². The van der Waals surface area contributed by atoms with Crippen LogP contribution in [-0.2, 0) is 16.0 Å². The van der Waals surface area contributed by atoms with Crippen molar-refractivity contribution in [1.29, 1.82) is 0 Å². The van der Waals surface area contributed by atoms with Gasteiger partial charge in [0.15, 0.2) is 11.6 Å². The second-order valence-electron chi connectivity index (χ2n) is 10.5. The Morgan fingerprint density at radius 3 is 2.30 bits per heavy atom. The Morgan fingerprint density at radius 1 is 0.950 bits per heavy atom. The maximum atomic E-state index is 14.2. The van der Waals surface area contributed by atoms with Crippen LogP contribution in [0.25, 0.3) is 0 Å². The molecule has 1 saturated carbocycles. The molecule has 0 spiro atoms. The normalized spacial score (nSPS) is 24.1. The lowest BCUT2D eigenvalue weighted by atomic mass is 9.82. The van der Waals surface area contributed by atoms with Gasteiger partial charge in [-0.15, -0.1) is 0 Å². The van der Waals surface area contributed by atoms with Crippen molar-refractivity contribution >= 4 is 11.8 Å². The molecule has 0 bridgehead atoms. The highest BCUT2D eigenvalue weighted by atomic mass is 16.5. The topological polar surface area (TPSA) is 112 Å². The van der Waals surface area contributed by atoms with Gasteiger partial charge < -0.3 is 19.7 Å². The quantitative estimate of drug-likeness (QED) is 0.216. The van der Waals surface area contributed by atoms with Crippen LogP contribution in [0.15, 0.2) is 89.9 Å². The average Bonchev–Trinajstić information content (AvgIpc) is 3.38. The average molecular weight is 544 g/mol. The second kappa shape index (κ2) is 13.1. The summed E-state index contributed by atoms with van der Waals surface area (Å²) < 4.78 is 12.2. The van der Waals surface area contributed by atoms with Gasteiger partial charge in [-0.05, 0) is 61.1 Å². The van der Waals surface area contributed by atoms with Gasteiger partial charge in [-0.25, -0.2) is 10.4 Å². The number of carbonyl (C=O) groups excluding carboxylic acids is 1. The minimum atomic E-state index is -1.27. The highest BCUT2D eigenvalue weighted by Gasteiger charge is 2.53. The fourth-order valence-corrected chi connectivity index (χ4v) is 5.31. The summed E-state index contributed by atoms with van der Waals surface area (Å²) in [5.74, 6) is 0.809. The molecule has 0 unspecified atom stereocenters. The number of aliphatic hydroxyl groups excluding tert-OH is 2. The number of aliphatic hydroxyl groups is 2. The van der Waals surface area contributed by atoms with E-state index in [4.69, 9.17) is 19.6 Å². The molecule has 4 N–H and O–H groups in total. The van der Waals surface area contributed by atoms with E-state index in [0.717, 1.165) is 29.5 Å². The molecule has 1 fully saturated rings. The Bertz CT molecular complexity index is 1260. The fraction of sp³-hybridized carbons (Fsp3) is 0.375. The number of nitrogens with one attached hydrogen (secondary N) is 2. The lowest BCUT2D eigenvalue weighted by Gasteiger charge is -2.32. The predicted octanol–water partition coefficient (Wildman–Crippen LogP) is 3.87. The van der Waals surface area contributed by atoms with Crippen LogP contribution in [0.1, 0.15) is 54.9 Å². The molecule has 1 heterocycles. The van der Waals surface area contributed by atoms with E-state index in [0.29, 0.717) is 43.9 Å². The summed E-state index contributed by atoms with van der Waals surface area (Å²) in [6.45, 7) is 0.503. The number of hydrogen-bond donors (Lipinski definition) is 4. The lowest BCUT2D eigenvalue weighted by Crippen LogP contribution is -2.56. The Hall–Kier alpha value is -3.72. The molecule has 8 nitrogen and oxygen atoms in total. The minimum absolute atomic E-state index is 0.0761. The first-order valence-electron chi connectivity index (χ1n) is 14.0. The maximum Gasteiger partial charge on any atom is 0.266 e. The van der Waals surface area contributed by atoms with E-state index < -0.39 is 11.6 Å². The van der Waals surface area contributed by atoms with Crippen molar-refractivity contribution in [2.75, 3.05) is 13.2 Å². The zero-order valence-corrected chi connectivity index (χ0v) is 22.5. The van der Waals surface area contributed by atoms with Gasteiger partial charge in [0.2, 0.25) is 5.90 Å². The molecular weight excluding hydrogens is 506 g/mol. The summed E-state index contributed by atoms with van der Waals surface area (Å²) in [4.78, 5) is 19.2. The molecule has 40 heavy (non-hydrogen) atoms. The molecule has 2 aliphatic rings. The van der Waals surface area contributed by atoms with Crippen LogP contribution in [0.3, 0.4) is 0 Å². The Morgan fingerprint density at radius 2 is 1.62 bits per heavy atom. The third-order valence-electron chi connectivity index (χ3n) is 7.54. The number of rotatable bonds is 11. The van der Waals surface area contributed by atoms with E-state index in [2.05, 4.69) is 10.9 Å². The number of benzene rings is 3. The third-order valence-corrected chi connectivity index (χ3v) is 7.54. The molecule has 1 amide bonds. The summed E-state index contributed by atoms with van der Waals surface area (Å²) in [5, 5.41) is 18.9. The number of carbonyl (C=O) groups is 1. The molecule has 0 radical (unpaired) electrons. The van der Waals surface area contributed by atoms with Crippen molar-refractivity contribution in [2.24, 2.45) is 4.99 Å². The molecule has 0 saturated heterocycles. The van der Waals surface area contributed by atoms with Crippen molar-refractivity contribution in [3.63, 3.8) is 0 Å². The number of aliphatic imine (C=N–C) groups is 1. The van der Waals surface area contributed by atoms with E-state index in [9.17, 15) is 9.90 Å². The highest BCUT2D eigenvalue weighted by molar-refractivity contribution is 6.01. The first kappa shape index (κ1) is 27.8. The predicted molar refractivity (Wildman–Crippen MR) is 153 cm³/mol. The Kier molecular flexibility index (Phi) is 9.11. The number of nitrogens with zero attached hydrogens (tertiary/aromatic N) is 1. The highest BCUT2D eigenvalue weighted by Crippen LogP contribution is 2.42. The van der Waals surface area contributed by atoms with Crippen molar-refractivity contribution in [2.45, 2.75) is 62.3 Å². The van der Waals surface area contributed by atoms with Crippen LogP contribution >= 0.6 is 0 Å². The van der Waals surface area contributed by atoms with Gasteiger partial charge >= 0.3 is 0 Å². The summed E-state index contributed by atoms with van der Waals surface area (Å²) in [7, 11) is 0. The molecule has 5 rings (SSSR count). The Labute approximate surface area is 235 Å². The molecule has 210 valence electrons. The van der Waals surface area contributed by atoms with Crippen LogP contribution in [0.2, 0.25) is 0 Å². The van der Waals surface area contributed by atoms with Crippen molar-refractivity contribution in [3.8, 4) is 5.75 Å². The van der Waals surface area contributed by atoms with E-state index in [1.165, 1.54) is 0 Å². The van der Waals surface area contributed by atoms with Gasteiger partial charge in [0.05, 0.1) is 12.7 Å². The van der Waals surface area contributed by atoms with Gasteiger partial charge in [-0.2, -0.15) is 0 Å². The van der Waals surface area contributed by atoms with Gasteiger partial charge in [0.25, 0.3) is 5.91 Å². The van der Waals surface area contributed by atoms with Gasteiger partial charge in [-0.1, -0.05) is 60.7 Å². The van der Waals surface area contributed by atoms with E-state index >= 15 is 0 Å². The first-order valence-corrected chi connectivity index (χ1v) is 14.0. The number of hydrogen-bond acceptors (Lipinski definition) is 7. The second-order valence-corrected chi connectivity index (χ2v) is 10.5. The molecule has 0 aromatic heterocycles. The van der Waals surface area contributed by atoms with Crippen LogP contribution in [0.5, 0.6) is 5.75 Å². The van der Waals surface area contributed by atoms with Crippen LogP contribution in [-0.4, -0.2) is 52.9 Å². The van der Waals surface area contributed by atoms with E-state index in [1.54, 1.807) is 0 Å². The molecule has 3 aromatic carbocycles. The molecule has 3 aromatic rings. The number of amides is 1. The lowest BCUT2D eigenvalue weighted by molar-refractivity contribution is -0.130. The van der Waals surface area contributed by atoms with Crippen LogP contribution < -0.4 is 15.6 Å². The summed E-state index contributed by atoms with van der Waals surface area (Å²) in [6, 6.07) is 27.1. The fourth-order valence-electron chi connectivity index (χ4n) is 5.31. The summed E-state index contributed by atoms with van der Waals surface area (Å²) in [5.41, 5.74) is 7.51. The van der Waals surface area contributed by atoms with Crippen molar-refractivity contribution in [3.05, 3.63) is 102 Å². The molecule has 1 aliphatic carbocycles. The van der Waals surface area contributed by atoms with Gasteiger partial charge in [0, 0.05) is 31.1 Å². The van der Waals surface area contributed by atoms with Crippen molar-refractivity contribution < 1.29 is 24.5 Å². The third kappa shape index (κ3) is 6.53. The van der Waals surface area contributed by atoms with Crippen LogP contribution in [0, 0.1) is 0 Å². The SMILES string of the molecule is O=C(NNC1CCC(O)CC1)[C@@]1(Cc2ccccc2)N=C(c2ccc(OCCCO)cc2)O[C@H]1c1ccccc1. The zero-order chi connectivity index (χ0) is 27.8. The monoisotopic (exact) mass is 543 g/mol. The zero-order valence-electron chi connectivity index (χ0n) is 22.5. The number of hydrazine groups is 1. The minimum Gasteiger partial charge on any atom is -0.494 e. The molecule has 2 atom stereocenters.